The average Bonchev–Trinajstić information content (AvgIpc) is 2.82. The van der Waals surface area contributed by atoms with Crippen molar-refractivity contribution in [3.63, 3.8) is 0 Å². The van der Waals surface area contributed by atoms with Crippen LogP contribution in [0.1, 0.15) is 31.7 Å². The fourth-order valence-electron chi connectivity index (χ4n) is 2.49. The van der Waals surface area contributed by atoms with E-state index in [0.29, 0.717) is 11.4 Å². The van der Waals surface area contributed by atoms with Gasteiger partial charge in [-0.05, 0) is 42.9 Å². The number of rotatable bonds is 5. The molecule has 0 amide bonds. The quantitative estimate of drug-likeness (QED) is 0.864. The maximum atomic E-state index is 12.2. The third-order valence-corrected chi connectivity index (χ3v) is 5.19. The number of hydrogen-bond acceptors (Lipinski definition) is 3. The molecular formula is C14H21NO3S. The van der Waals surface area contributed by atoms with E-state index >= 15 is 0 Å². The smallest absolute Gasteiger partial charge is 0.240 e. The molecule has 0 radical (unpaired) electrons. The molecule has 1 fully saturated rings. The van der Waals surface area contributed by atoms with E-state index in [2.05, 4.69) is 4.72 Å². The summed E-state index contributed by atoms with van der Waals surface area (Å²) < 4.78 is 27.0. The standard InChI is InChI=1S/C14H21NO3S/c1-2-11-5-3-7-13(9-11)19(17,18)15-10-12-6-4-8-14(12)16/h3,5,7,9,12,14-16H,2,4,6,8,10H2,1H3/t12-,14-/m1/s1. The van der Waals surface area contributed by atoms with Gasteiger partial charge < -0.3 is 5.11 Å². The second-order valence-corrected chi connectivity index (χ2v) is 6.88. The van der Waals surface area contributed by atoms with Crippen molar-refractivity contribution in [2.24, 2.45) is 5.92 Å². The van der Waals surface area contributed by atoms with Gasteiger partial charge in [-0.1, -0.05) is 25.5 Å². The summed E-state index contributed by atoms with van der Waals surface area (Å²) in [5.74, 6) is 0.0455. The Labute approximate surface area is 114 Å². The van der Waals surface area contributed by atoms with Crippen molar-refractivity contribution < 1.29 is 13.5 Å². The lowest BCUT2D eigenvalue weighted by atomic mass is 10.1. The maximum Gasteiger partial charge on any atom is 0.240 e. The molecule has 2 rings (SSSR count). The third-order valence-electron chi connectivity index (χ3n) is 3.77. The van der Waals surface area contributed by atoms with Crippen LogP contribution in [0.15, 0.2) is 29.2 Å². The summed E-state index contributed by atoms with van der Waals surface area (Å²) in [6.07, 6.45) is 3.07. The first kappa shape index (κ1) is 14.5. The first-order chi connectivity index (χ1) is 9.03. The van der Waals surface area contributed by atoms with Crippen LogP contribution in [0.25, 0.3) is 0 Å². The highest BCUT2D eigenvalue weighted by Crippen LogP contribution is 2.25. The van der Waals surface area contributed by atoms with E-state index in [1.165, 1.54) is 0 Å². The zero-order chi connectivity index (χ0) is 13.9. The SMILES string of the molecule is CCc1cccc(S(=O)(=O)NC[C@H]2CCC[C@H]2O)c1. The molecule has 0 bridgehead atoms. The molecule has 1 aromatic rings. The van der Waals surface area contributed by atoms with Crippen LogP contribution in [0.3, 0.4) is 0 Å². The van der Waals surface area contributed by atoms with Gasteiger partial charge >= 0.3 is 0 Å². The van der Waals surface area contributed by atoms with Crippen LogP contribution in [0, 0.1) is 5.92 Å². The second-order valence-electron chi connectivity index (χ2n) is 5.11. The topological polar surface area (TPSA) is 66.4 Å². The summed E-state index contributed by atoms with van der Waals surface area (Å²) >= 11 is 0. The first-order valence-electron chi connectivity index (χ1n) is 6.79. The van der Waals surface area contributed by atoms with Gasteiger partial charge in [0.2, 0.25) is 10.0 Å². The van der Waals surface area contributed by atoms with Crippen LogP contribution in [-0.2, 0) is 16.4 Å². The number of benzene rings is 1. The van der Waals surface area contributed by atoms with Crippen molar-refractivity contribution in [1.82, 2.24) is 4.72 Å². The van der Waals surface area contributed by atoms with Gasteiger partial charge in [-0.25, -0.2) is 13.1 Å². The zero-order valence-corrected chi connectivity index (χ0v) is 12.0. The number of aliphatic hydroxyl groups is 1. The molecule has 2 atom stereocenters. The van der Waals surface area contributed by atoms with Crippen molar-refractivity contribution in [1.29, 1.82) is 0 Å². The molecule has 0 aromatic heterocycles. The number of aliphatic hydroxyl groups excluding tert-OH is 1. The van der Waals surface area contributed by atoms with E-state index in [-0.39, 0.29) is 12.0 Å². The number of aryl methyl sites for hydroxylation is 1. The molecule has 0 saturated heterocycles. The van der Waals surface area contributed by atoms with Crippen molar-refractivity contribution in [3.8, 4) is 0 Å². The van der Waals surface area contributed by atoms with E-state index in [0.717, 1.165) is 31.2 Å². The highest BCUT2D eigenvalue weighted by atomic mass is 32.2. The normalized spacial score (nSPS) is 23.7. The predicted octanol–water partition coefficient (Wildman–Crippen LogP) is 1.69. The molecule has 0 heterocycles. The van der Waals surface area contributed by atoms with E-state index < -0.39 is 10.0 Å². The Hall–Kier alpha value is -0.910. The van der Waals surface area contributed by atoms with E-state index in [4.69, 9.17) is 0 Å². The molecular weight excluding hydrogens is 262 g/mol. The second kappa shape index (κ2) is 6.03. The van der Waals surface area contributed by atoms with E-state index in [1.807, 2.05) is 13.0 Å². The van der Waals surface area contributed by atoms with Gasteiger partial charge in [-0.15, -0.1) is 0 Å². The monoisotopic (exact) mass is 283 g/mol. The molecule has 0 unspecified atom stereocenters. The molecule has 106 valence electrons. The van der Waals surface area contributed by atoms with Crippen LogP contribution in [0.4, 0.5) is 0 Å². The van der Waals surface area contributed by atoms with Crippen molar-refractivity contribution >= 4 is 10.0 Å². The van der Waals surface area contributed by atoms with Crippen molar-refractivity contribution in [2.45, 2.75) is 43.6 Å². The fourth-order valence-corrected chi connectivity index (χ4v) is 3.65. The lowest BCUT2D eigenvalue weighted by Gasteiger charge is -2.15. The van der Waals surface area contributed by atoms with Gasteiger partial charge in [0.15, 0.2) is 0 Å². The molecule has 1 aliphatic carbocycles. The minimum absolute atomic E-state index is 0.0455. The van der Waals surface area contributed by atoms with Crippen molar-refractivity contribution in [2.75, 3.05) is 6.54 Å². The Morgan fingerprint density at radius 3 is 2.79 bits per heavy atom. The molecule has 1 saturated carbocycles. The molecule has 1 aromatic carbocycles. The molecule has 0 spiro atoms. The first-order valence-corrected chi connectivity index (χ1v) is 8.28. The van der Waals surface area contributed by atoms with Gasteiger partial charge in [0.1, 0.15) is 0 Å². The van der Waals surface area contributed by atoms with Gasteiger partial charge in [-0.3, -0.25) is 0 Å². The van der Waals surface area contributed by atoms with Crippen molar-refractivity contribution in [3.05, 3.63) is 29.8 Å². The summed E-state index contributed by atoms with van der Waals surface area (Å²) in [6.45, 7) is 2.31. The maximum absolute atomic E-state index is 12.2. The van der Waals surface area contributed by atoms with Crippen LogP contribution in [-0.4, -0.2) is 26.2 Å². The highest BCUT2D eigenvalue weighted by Gasteiger charge is 2.26. The predicted molar refractivity (Wildman–Crippen MR) is 74.4 cm³/mol. The minimum atomic E-state index is -3.46. The lowest BCUT2D eigenvalue weighted by molar-refractivity contribution is 0.134. The average molecular weight is 283 g/mol. The number of nitrogens with one attached hydrogen (secondary N) is 1. The fraction of sp³-hybridized carbons (Fsp3) is 0.571. The Kier molecular flexibility index (Phi) is 4.60. The summed E-state index contributed by atoms with van der Waals surface area (Å²) in [5.41, 5.74) is 1.00. The largest absolute Gasteiger partial charge is 0.393 e. The Morgan fingerprint density at radius 2 is 2.16 bits per heavy atom. The lowest BCUT2D eigenvalue weighted by Crippen LogP contribution is -2.32. The summed E-state index contributed by atoms with van der Waals surface area (Å²) in [5, 5.41) is 9.70. The van der Waals surface area contributed by atoms with Crippen LogP contribution in [0.2, 0.25) is 0 Å². The van der Waals surface area contributed by atoms with E-state index in [9.17, 15) is 13.5 Å². The van der Waals surface area contributed by atoms with Gasteiger partial charge in [0, 0.05) is 6.54 Å². The third kappa shape index (κ3) is 3.55. The number of hydrogen-bond donors (Lipinski definition) is 2. The Bertz CT molecular complexity index is 527. The van der Waals surface area contributed by atoms with Gasteiger partial charge in [0.25, 0.3) is 0 Å². The molecule has 2 N–H and O–H groups in total. The number of sulfonamides is 1. The van der Waals surface area contributed by atoms with Gasteiger partial charge in [-0.2, -0.15) is 0 Å². The molecule has 5 heteroatoms. The minimum Gasteiger partial charge on any atom is -0.393 e. The summed E-state index contributed by atoms with van der Waals surface area (Å²) in [7, 11) is -3.46. The molecule has 0 aliphatic heterocycles. The summed E-state index contributed by atoms with van der Waals surface area (Å²) in [4.78, 5) is 0.305. The molecule has 1 aliphatic rings. The highest BCUT2D eigenvalue weighted by molar-refractivity contribution is 7.89. The molecule has 4 nitrogen and oxygen atoms in total. The summed E-state index contributed by atoms with van der Waals surface area (Å²) in [6, 6.07) is 6.98. The van der Waals surface area contributed by atoms with Crippen LogP contribution in [0.5, 0.6) is 0 Å². The van der Waals surface area contributed by atoms with Crippen LogP contribution >= 0.6 is 0 Å². The van der Waals surface area contributed by atoms with Crippen LogP contribution < -0.4 is 4.72 Å². The zero-order valence-electron chi connectivity index (χ0n) is 11.2. The Morgan fingerprint density at radius 1 is 1.37 bits per heavy atom. The van der Waals surface area contributed by atoms with E-state index in [1.54, 1.807) is 18.2 Å². The van der Waals surface area contributed by atoms with Gasteiger partial charge in [0.05, 0.1) is 11.0 Å². The molecule has 19 heavy (non-hydrogen) atoms. The Balaban J connectivity index is 2.05.